The molecule has 0 saturated heterocycles. The van der Waals surface area contributed by atoms with Gasteiger partial charge < -0.3 is 9.73 Å². The van der Waals surface area contributed by atoms with E-state index in [1.807, 2.05) is 0 Å². The molecule has 9 heteroatoms. The lowest BCUT2D eigenvalue weighted by atomic mass is 10.2. The molecule has 1 heterocycles. The zero-order valence-corrected chi connectivity index (χ0v) is 16.0. The average molecular weight is 430 g/mol. The van der Waals surface area contributed by atoms with Crippen molar-refractivity contribution in [2.45, 2.75) is 9.92 Å². The monoisotopic (exact) mass is 430 g/mol. The molecule has 0 bridgehead atoms. The van der Waals surface area contributed by atoms with Gasteiger partial charge in [-0.25, -0.2) is 21.6 Å². The summed E-state index contributed by atoms with van der Waals surface area (Å²) >= 11 is 0. The summed E-state index contributed by atoms with van der Waals surface area (Å²) in [5.74, 6) is -2.30. The van der Waals surface area contributed by atoms with E-state index in [1.165, 1.54) is 42.5 Å². The van der Waals surface area contributed by atoms with Crippen LogP contribution >= 0.6 is 0 Å². The first kappa shape index (κ1) is 19.7. The molecule has 0 amide bonds. The van der Waals surface area contributed by atoms with E-state index in [0.717, 1.165) is 24.3 Å². The molecule has 0 atom stereocenters. The van der Waals surface area contributed by atoms with Crippen LogP contribution in [0.15, 0.2) is 87.1 Å². The molecule has 1 N–H and O–H groups in total. The molecule has 30 heavy (non-hydrogen) atoms. The van der Waals surface area contributed by atoms with Crippen LogP contribution < -0.4 is 5.32 Å². The summed E-state index contributed by atoms with van der Waals surface area (Å²) in [5, 5.41) is 2.21. The standard InChI is InChI=1S/C21H13F3N2O3S/c22-13-5-9-15(10-6-13)25-20-21(30(27,28)16-11-7-14(23)8-12-16)26-19(29-20)17-3-1-2-4-18(17)24/h1-12,25H. The minimum Gasteiger partial charge on any atom is -0.419 e. The van der Waals surface area contributed by atoms with Crippen LogP contribution in [0.4, 0.5) is 24.7 Å². The maximum Gasteiger partial charge on any atom is 0.238 e. The Kier molecular flexibility index (Phi) is 5.04. The molecule has 0 saturated carbocycles. The van der Waals surface area contributed by atoms with Gasteiger partial charge in [-0.15, -0.1) is 0 Å². The quantitative estimate of drug-likeness (QED) is 0.433. The third-order valence-electron chi connectivity index (χ3n) is 4.18. The fourth-order valence-electron chi connectivity index (χ4n) is 2.71. The van der Waals surface area contributed by atoms with Crippen LogP contribution in [0.3, 0.4) is 0 Å². The molecule has 152 valence electrons. The van der Waals surface area contributed by atoms with Crippen molar-refractivity contribution in [3.05, 3.63) is 90.2 Å². The normalized spacial score (nSPS) is 11.4. The molecule has 1 aromatic heterocycles. The summed E-state index contributed by atoms with van der Waals surface area (Å²) in [6.45, 7) is 0. The number of hydrogen-bond acceptors (Lipinski definition) is 5. The topological polar surface area (TPSA) is 72.2 Å². The van der Waals surface area contributed by atoms with Gasteiger partial charge in [-0.1, -0.05) is 12.1 Å². The first-order chi connectivity index (χ1) is 14.3. The van der Waals surface area contributed by atoms with Crippen LogP contribution in [-0.4, -0.2) is 13.4 Å². The van der Waals surface area contributed by atoms with E-state index in [4.69, 9.17) is 4.42 Å². The first-order valence-corrected chi connectivity index (χ1v) is 10.1. The van der Waals surface area contributed by atoms with Gasteiger partial charge in [-0.2, -0.15) is 4.98 Å². The van der Waals surface area contributed by atoms with Gasteiger partial charge in [0.05, 0.1) is 10.5 Å². The van der Waals surface area contributed by atoms with E-state index in [0.29, 0.717) is 5.69 Å². The second kappa shape index (κ2) is 7.68. The van der Waals surface area contributed by atoms with Gasteiger partial charge >= 0.3 is 0 Å². The third-order valence-corrected chi connectivity index (χ3v) is 5.86. The smallest absolute Gasteiger partial charge is 0.238 e. The zero-order chi connectivity index (χ0) is 21.3. The molecule has 4 rings (SSSR count). The number of halogens is 3. The Bertz CT molecular complexity index is 1300. The highest BCUT2D eigenvalue weighted by Gasteiger charge is 2.29. The van der Waals surface area contributed by atoms with Crippen LogP contribution in [-0.2, 0) is 9.84 Å². The van der Waals surface area contributed by atoms with Crippen LogP contribution in [0.25, 0.3) is 11.5 Å². The lowest BCUT2D eigenvalue weighted by Gasteiger charge is -2.06. The van der Waals surface area contributed by atoms with Crippen LogP contribution in [0.1, 0.15) is 0 Å². The van der Waals surface area contributed by atoms with Crippen molar-refractivity contribution in [3.8, 4) is 11.5 Å². The number of nitrogens with one attached hydrogen (secondary N) is 1. The van der Waals surface area contributed by atoms with Gasteiger partial charge in [-0.3, -0.25) is 0 Å². The van der Waals surface area contributed by atoms with Crippen LogP contribution in [0.5, 0.6) is 0 Å². The second-order valence-corrected chi connectivity index (χ2v) is 8.09. The number of oxazole rings is 1. The summed E-state index contributed by atoms with van der Waals surface area (Å²) in [5.41, 5.74) is 0.281. The van der Waals surface area contributed by atoms with Gasteiger partial charge in [0.2, 0.25) is 26.6 Å². The highest BCUT2D eigenvalue weighted by molar-refractivity contribution is 7.91. The Morgan fingerprint density at radius 1 is 0.800 bits per heavy atom. The number of rotatable bonds is 5. The molecule has 5 nitrogen and oxygen atoms in total. The summed E-state index contributed by atoms with van der Waals surface area (Å²) in [6.07, 6.45) is 0. The predicted octanol–water partition coefficient (Wildman–Crippen LogP) is 5.34. The summed E-state index contributed by atoms with van der Waals surface area (Å²) in [6, 6.07) is 14.8. The average Bonchev–Trinajstić information content (AvgIpc) is 3.15. The number of aromatic nitrogens is 1. The number of benzene rings is 3. The molecule has 0 spiro atoms. The minimum absolute atomic E-state index is 0.0415. The van der Waals surface area contributed by atoms with Crippen molar-refractivity contribution in [2.24, 2.45) is 0 Å². The van der Waals surface area contributed by atoms with E-state index in [9.17, 15) is 21.6 Å². The fraction of sp³-hybridized carbons (Fsp3) is 0. The van der Waals surface area contributed by atoms with Crippen LogP contribution in [0, 0.1) is 17.5 Å². The van der Waals surface area contributed by atoms with Crippen molar-refractivity contribution < 1.29 is 26.0 Å². The molecular formula is C21H13F3N2O3S. The Labute approximate surface area is 169 Å². The molecule has 0 aliphatic carbocycles. The van der Waals surface area contributed by atoms with Gasteiger partial charge in [0.25, 0.3) is 0 Å². The Morgan fingerprint density at radius 3 is 2.03 bits per heavy atom. The number of anilines is 2. The molecule has 0 aliphatic heterocycles. The van der Waals surface area contributed by atoms with Gasteiger partial charge in [0.1, 0.15) is 17.5 Å². The van der Waals surface area contributed by atoms with Crippen molar-refractivity contribution in [1.29, 1.82) is 0 Å². The summed E-state index contributed by atoms with van der Waals surface area (Å²) in [4.78, 5) is 3.78. The Hall–Kier alpha value is -3.59. The molecule has 0 fully saturated rings. The van der Waals surface area contributed by atoms with Crippen molar-refractivity contribution in [3.63, 3.8) is 0 Å². The minimum atomic E-state index is -4.25. The van der Waals surface area contributed by atoms with E-state index >= 15 is 0 Å². The lowest BCUT2D eigenvalue weighted by molar-refractivity contribution is 0.572. The SMILES string of the molecule is O=S(=O)(c1ccc(F)cc1)c1nc(-c2ccccc2F)oc1Nc1ccc(F)cc1. The summed E-state index contributed by atoms with van der Waals surface area (Å²) < 4.78 is 72.4. The maximum atomic E-state index is 14.2. The molecular weight excluding hydrogens is 417 g/mol. The van der Waals surface area contributed by atoms with E-state index in [2.05, 4.69) is 10.3 Å². The maximum absolute atomic E-state index is 14.2. The van der Waals surface area contributed by atoms with E-state index < -0.39 is 32.3 Å². The van der Waals surface area contributed by atoms with Gasteiger partial charge in [-0.05, 0) is 60.7 Å². The Morgan fingerprint density at radius 2 is 1.40 bits per heavy atom. The fourth-order valence-corrected chi connectivity index (χ4v) is 3.96. The van der Waals surface area contributed by atoms with Crippen molar-refractivity contribution in [1.82, 2.24) is 4.98 Å². The predicted molar refractivity (Wildman–Crippen MR) is 103 cm³/mol. The van der Waals surface area contributed by atoms with E-state index in [-0.39, 0.29) is 22.2 Å². The summed E-state index contributed by atoms with van der Waals surface area (Å²) in [7, 11) is -4.25. The van der Waals surface area contributed by atoms with Gasteiger partial charge in [0, 0.05) is 5.69 Å². The lowest BCUT2D eigenvalue weighted by Crippen LogP contribution is -2.05. The third kappa shape index (κ3) is 3.79. The molecule has 4 aromatic rings. The number of sulfone groups is 1. The van der Waals surface area contributed by atoms with Crippen LogP contribution in [0.2, 0.25) is 0 Å². The highest BCUT2D eigenvalue weighted by atomic mass is 32.2. The molecule has 3 aromatic carbocycles. The molecule has 0 unspecified atom stereocenters. The number of nitrogens with zero attached hydrogens (tertiary/aromatic N) is 1. The van der Waals surface area contributed by atoms with Crippen molar-refractivity contribution in [2.75, 3.05) is 5.32 Å². The Balaban J connectivity index is 1.85. The molecule has 0 radical (unpaired) electrons. The van der Waals surface area contributed by atoms with E-state index in [1.54, 1.807) is 6.07 Å². The highest BCUT2D eigenvalue weighted by Crippen LogP contribution is 2.34. The largest absolute Gasteiger partial charge is 0.419 e. The van der Waals surface area contributed by atoms with Gasteiger partial charge in [0.15, 0.2) is 0 Å². The van der Waals surface area contributed by atoms with Crippen molar-refractivity contribution >= 4 is 21.4 Å². The first-order valence-electron chi connectivity index (χ1n) is 8.63. The second-order valence-electron chi connectivity index (χ2n) is 6.22. The zero-order valence-electron chi connectivity index (χ0n) is 15.1. The number of hydrogen-bond donors (Lipinski definition) is 1. The molecule has 0 aliphatic rings.